The van der Waals surface area contributed by atoms with Gasteiger partial charge < -0.3 is 10.6 Å². The summed E-state index contributed by atoms with van der Waals surface area (Å²) in [5.41, 5.74) is 7.82. The summed E-state index contributed by atoms with van der Waals surface area (Å²) < 4.78 is 0. The molecule has 0 radical (unpaired) electrons. The number of halogens is 2. The van der Waals surface area contributed by atoms with Crippen LogP contribution in [0.25, 0.3) is 0 Å². The van der Waals surface area contributed by atoms with Crippen molar-refractivity contribution in [3.05, 3.63) is 35.9 Å². The van der Waals surface area contributed by atoms with Crippen LogP contribution in [0.2, 0.25) is 0 Å². The monoisotopic (exact) mass is 455 g/mol. The summed E-state index contributed by atoms with van der Waals surface area (Å²) in [6.45, 7) is 7.34. The number of likely N-dealkylation sites (N-methyl/N-ethyl adjacent to an activating group) is 1. The number of hydrogen-bond donors (Lipinski definition) is 1. The van der Waals surface area contributed by atoms with E-state index in [1.807, 2.05) is 0 Å². The van der Waals surface area contributed by atoms with E-state index < -0.39 is 0 Å². The maximum atomic E-state index is 13.5. The predicted molar refractivity (Wildman–Crippen MR) is 128 cm³/mol. The minimum atomic E-state index is 0. The Morgan fingerprint density at radius 1 is 1.13 bits per heavy atom. The normalized spacial score (nSPS) is 31.9. The first-order valence-electron chi connectivity index (χ1n) is 11.4. The van der Waals surface area contributed by atoms with Crippen LogP contribution >= 0.6 is 24.8 Å². The molecule has 2 saturated carbocycles. The highest BCUT2D eigenvalue weighted by molar-refractivity contribution is 5.85. The van der Waals surface area contributed by atoms with Crippen LogP contribution in [-0.2, 0) is 4.79 Å². The van der Waals surface area contributed by atoms with E-state index in [4.69, 9.17) is 5.73 Å². The van der Waals surface area contributed by atoms with Crippen molar-refractivity contribution in [2.24, 2.45) is 23.5 Å². The number of benzene rings is 1. The van der Waals surface area contributed by atoms with Gasteiger partial charge in [-0.2, -0.15) is 0 Å². The predicted octanol–water partition coefficient (Wildman–Crippen LogP) is 4.67. The molecule has 2 aliphatic carbocycles. The van der Waals surface area contributed by atoms with Crippen molar-refractivity contribution >= 4 is 30.7 Å². The van der Waals surface area contributed by atoms with Gasteiger partial charge in [0.25, 0.3) is 0 Å². The molecule has 1 aliphatic heterocycles. The van der Waals surface area contributed by atoms with Gasteiger partial charge in [-0.25, -0.2) is 0 Å². The Hall–Kier alpha value is -0.810. The number of carbonyl (C=O) groups is 1. The standard InChI is InChI=1S/C24H37N3O.2ClH/c1-3-27(24(28)21-14-19-10-7-11-20(15-21)23(19)25)22-12-13-26(16-22)17(2)18-8-5-4-6-9-18;;/h4-6,8-9,17,19-23H,3,7,10-16,25H2,1-2H3;2*1H. The van der Waals surface area contributed by atoms with Gasteiger partial charge in [-0.1, -0.05) is 36.8 Å². The molecule has 2 N–H and O–H groups in total. The Morgan fingerprint density at radius 3 is 2.37 bits per heavy atom. The lowest BCUT2D eigenvalue weighted by atomic mass is 9.65. The fourth-order valence-electron chi connectivity index (χ4n) is 6.14. The molecule has 4 nitrogen and oxygen atoms in total. The molecular formula is C24H39Cl2N3O. The number of fused-ring (bicyclic) bond motifs is 2. The molecule has 3 aliphatic rings. The first-order valence-corrected chi connectivity index (χ1v) is 11.4. The van der Waals surface area contributed by atoms with Crippen molar-refractivity contribution in [3.63, 3.8) is 0 Å². The second-order valence-corrected chi connectivity index (χ2v) is 9.35. The lowest BCUT2D eigenvalue weighted by molar-refractivity contribution is -0.140. The van der Waals surface area contributed by atoms with Crippen molar-refractivity contribution < 1.29 is 4.79 Å². The lowest BCUT2D eigenvalue weighted by Crippen LogP contribution is -2.51. The van der Waals surface area contributed by atoms with Gasteiger partial charge in [-0.15, -0.1) is 24.8 Å². The molecular weight excluding hydrogens is 417 g/mol. The molecule has 0 spiro atoms. The maximum Gasteiger partial charge on any atom is 0.225 e. The van der Waals surface area contributed by atoms with Crippen LogP contribution < -0.4 is 5.73 Å². The quantitative estimate of drug-likeness (QED) is 0.701. The summed E-state index contributed by atoms with van der Waals surface area (Å²) in [7, 11) is 0. The summed E-state index contributed by atoms with van der Waals surface area (Å²) >= 11 is 0. The van der Waals surface area contributed by atoms with Crippen molar-refractivity contribution in [1.82, 2.24) is 9.80 Å². The molecule has 1 heterocycles. The summed E-state index contributed by atoms with van der Waals surface area (Å²) in [6.07, 6.45) is 6.87. The molecule has 4 rings (SSSR count). The third kappa shape index (κ3) is 5.15. The Kier molecular flexibility index (Phi) is 9.48. The van der Waals surface area contributed by atoms with Gasteiger partial charge in [0.2, 0.25) is 5.91 Å². The Morgan fingerprint density at radius 2 is 1.77 bits per heavy atom. The summed E-state index contributed by atoms with van der Waals surface area (Å²) in [4.78, 5) is 18.2. The fourth-order valence-corrected chi connectivity index (χ4v) is 6.14. The first kappa shape index (κ1) is 25.5. The summed E-state index contributed by atoms with van der Waals surface area (Å²) in [5.74, 6) is 1.75. The van der Waals surface area contributed by atoms with Crippen LogP contribution in [0, 0.1) is 17.8 Å². The van der Waals surface area contributed by atoms with E-state index in [1.54, 1.807) is 0 Å². The first-order chi connectivity index (χ1) is 13.6. The maximum absolute atomic E-state index is 13.5. The van der Waals surface area contributed by atoms with Crippen LogP contribution in [0.3, 0.4) is 0 Å². The van der Waals surface area contributed by atoms with E-state index in [0.29, 0.717) is 35.9 Å². The van der Waals surface area contributed by atoms with E-state index >= 15 is 0 Å². The number of hydrogen-bond acceptors (Lipinski definition) is 3. The van der Waals surface area contributed by atoms with E-state index in [-0.39, 0.29) is 30.7 Å². The van der Waals surface area contributed by atoms with E-state index in [2.05, 4.69) is 54.0 Å². The number of nitrogens with zero attached hydrogens (tertiary/aromatic N) is 2. The molecule has 3 fully saturated rings. The van der Waals surface area contributed by atoms with Gasteiger partial charge in [0, 0.05) is 43.7 Å². The van der Waals surface area contributed by atoms with Gasteiger partial charge in [-0.3, -0.25) is 9.69 Å². The number of nitrogens with two attached hydrogens (primary N) is 1. The third-order valence-electron chi connectivity index (χ3n) is 7.85. The van der Waals surface area contributed by atoms with Crippen molar-refractivity contribution in [3.8, 4) is 0 Å². The number of carbonyl (C=O) groups excluding carboxylic acids is 1. The van der Waals surface area contributed by atoms with Gasteiger partial charge in [-0.05, 0) is 63.4 Å². The van der Waals surface area contributed by atoms with Crippen LogP contribution in [0.15, 0.2) is 30.3 Å². The van der Waals surface area contributed by atoms with Crippen LogP contribution in [-0.4, -0.2) is 47.4 Å². The van der Waals surface area contributed by atoms with Crippen molar-refractivity contribution in [1.29, 1.82) is 0 Å². The van der Waals surface area contributed by atoms with Crippen molar-refractivity contribution in [2.75, 3.05) is 19.6 Å². The zero-order chi connectivity index (χ0) is 19.7. The molecule has 1 amide bonds. The van der Waals surface area contributed by atoms with Crippen LogP contribution in [0.1, 0.15) is 64.0 Å². The van der Waals surface area contributed by atoms with E-state index in [0.717, 1.165) is 38.9 Å². The zero-order valence-corrected chi connectivity index (χ0v) is 20.0. The largest absolute Gasteiger partial charge is 0.338 e. The molecule has 170 valence electrons. The highest BCUT2D eigenvalue weighted by atomic mass is 35.5. The zero-order valence-electron chi connectivity index (χ0n) is 18.4. The lowest BCUT2D eigenvalue weighted by Gasteiger charge is -2.45. The molecule has 6 heteroatoms. The average molecular weight is 457 g/mol. The van der Waals surface area contributed by atoms with Gasteiger partial charge in [0.15, 0.2) is 0 Å². The van der Waals surface area contributed by atoms with Crippen LogP contribution in [0.4, 0.5) is 0 Å². The highest BCUT2D eigenvalue weighted by Gasteiger charge is 2.43. The molecule has 0 aromatic heterocycles. The minimum Gasteiger partial charge on any atom is -0.338 e. The molecule has 1 aromatic carbocycles. The average Bonchev–Trinajstić information content (AvgIpc) is 3.18. The fraction of sp³-hybridized carbons (Fsp3) is 0.708. The van der Waals surface area contributed by atoms with E-state index in [1.165, 1.54) is 24.8 Å². The summed E-state index contributed by atoms with van der Waals surface area (Å²) in [5, 5.41) is 0. The molecule has 4 atom stereocenters. The highest BCUT2D eigenvalue weighted by Crippen LogP contribution is 2.42. The van der Waals surface area contributed by atoms with Crippen LogP contribution in [0.5, 0.6) is 0 Å². The molecule has 1 saturated heterocycles. The number of amides is 1. The smallest absolute Gasteiger partial charge is 0.225 e. The Labute approximate surface area is 194 Å². The number of rotatable bonds is 5. The second-order valence-electron chi connectivity index (χ2n) is 9.35. The Bertz CT molecular complexity index is 660. The van der Waals surface area contributed by atoms with Crippen molar-refractivity contribution in [2.45, 2.75) is 70.5 Å². The second kappa shape index (κ2) is 11.2. The molecule has 1 aromatic rings. The summed E-state index contributed by atoms with van der Waals surface area (Å²) in [6, 6.07) is 11.8. The Balaban J connectivity index is 0.00000160. The third-order valence-corrected chi connectivity index (χ3v) is 7.85. The molecule has 2 bridgehead atoms. The van der Waals surface area contributed by atoms with Gasteiger partial charge in [0.1, 0.15) is 0 Å². The van der Waals surface area contributed by atoms with E-state index in [9.17, 15) is 4.79 Å². The number of likely N-dealkylation sites (tertiary alicyclic amines) is 1. The topological polar surface area (TPSA) is 49.6 Å². The minimum absolute atomic E-state index is 0. The van der Waals surface area contributed by atoms with Gasteiger partial charge in [0.05, 0.1) is 0 Å². The molecule has 4 unspecified atom stereocenters. The molecule has 30 heavy (non-hydrogen) atoms. The van der Waals surface area contributed by atoms with Gasteiger partial charge >= 0.3 is 0 Å². The SMILES string of the molecule is CCN(C(=O)C1CC2CCCC(C1)C2N)C1CCN(C(C)c2ccccc2)C1.Cl.Cl.